The summed E-state index contributed by atoms with van der Waals surface area (Å²) in [5.74, 6) is 0.247. The van der Waals surface area contributed by atoms with E-state index in [1.807, 2.05) is 4.90 Å². The summed E-state index contributed by atoms with van der Waals surface area (Å²) in [6, 6.07) is 0.445. The van der Waals surface area contributed by atoms with Gasteiger partial charge in [-0.25, -0.2) is 0 Å². The van der Waals surface area contributed by atoms with Crippen LogP contribution < -0.4 is 11.1 Å². The summed E-state index contributed by atoms with van der Waals surface area (Å²) in [5, 5.41) is 11.7. The standard InChI is InChI=1S/C18H28N6O3S/c1-23-6-7-27-14-10-24(9-13(14)23)17(26)11-2-4-12(5-3-11)20-15(25)8-16-21-22-18(19)28-16/h11-14H,2-10H2,1H3,(H2,19,22)(H,20,25)/t11?,12?,13-,14-/m0/s1. The van der Waals surface area contributed by atoms with E-state index in [2.05, 4.69) is 27.5 Å². The van der Waals surface area contributed by atoms with Gasteiger partial charge in [-0.1, -0.05) is 11.3 Å². The highest BCUT2D eigenvalue weighted by Gasteiger charge is 2.42. The molecule has 0 spiro atoms. The Labute approximate surface area is 168 Å². The molecule has 1 aliphatic carbocycles. The maximum atomic E-state index is 13.0. The molecule has 3 heterocycles. The topological polar surface area (TPSA) is 114 Å². The number of anilines is 1. The van der Waals surface area contributed by atoms with E-state index < -0.39 is 0 Å². The average molecular weight is 409 g/mol. The number of aromatic nitrogens is 2. The number of hydrogen-bond acceptors (Lipinski definition) is 8. The van der Waals surface area contributed by atoms with Crippen LogP contribution in [0.4, 0.5) is 5.13 Å². The quantitative estimate of drug-likeness (QED) is 0.714. The second-order valence-electron chi connectivity index (χ2n) is 8.03. The molecular formula is C18H28N6O3S. The monoisotopic (exact) mass is 408 g/mol. The first-order valence-electron chi connectivity index (χ1n) is 9.97. The Balaban J connectivity index is 1.23. The number of likely N-dealkylation sites (tertiary alicyclic amines) is 1. The van der Waals surface area contributed by atoms with Crippen LogP contribution in [0.25, 0.3) is 0 Å². The fraction of sp³-hybridized carbons (Fsp3) is 0.778. The van der Waals surface area contributed by atoms with Gasteiger partial charge in [0.05, 0.1) is 25.2 Å². The maximum absolute atomic E-state index is 13.0. The number of nitrogens with zero attached hydrogens (tertiary/aromatic N) is 4. The Morgan fingerprint density at radius 2 is 2.04 bits per heavy atom. The van der Waals surface area contributed by atoms with E-state index in [9.17, 15) is 9.59 Å². The zero-order valence-electron chi connectivity index (χ0n) is 16.2. The molecule has 10 heteroatoms. The smallest absolute Gasteiger partial charge is 0.227 e. The van der Waals surface area contributed by atoms with Gasteiger partial charge in [0.2, 0.25) is 16.9 Å². The van der Waals surface area contributed by atoms with E-state index in [-0.39, 0.29) is 36.3 Å². The molecule has 3 N–H and O–H groups in total. The molecule has 154 valence electrons. The zero-order chi connectivity index (χ0) is 19.7. The van der Waals surface area contributed by atoms with Crippen molar-refractivity contribution in [1.29, 1.82) is 0 Å². The van der Waals surface area contributed by atoms with Gasteiger partial charge in [0.25, 0.3) is 0 Å². The van der Waals surface area contributed by atoms with Crippen molar-refractivity contribution in [2.45, 2.75) is 50.3 Å². The van der Waals surface area contributed by atoms with Gasteiger partial charge in [0.15, 0.2) is 0 Å². The lowest BCUT2D eigenvalue weighted by molar-refractivity contribution is -0.136. The van der Waals surface area contributed by atoms with Crippen LogP contribution in [0.15, 0.2) is 0 Å². The summed E-state index contributed by atoms with van der Waals surface area (Å²) < 4.78 is 5.85. The molecule has 2 aliphatic heterocycles. The summed E-state index contributed by atoms with van der Waals surface area (Å²) in [4.78, 5) is 29.4. The number of likely N-dealkylation sites (N-methyl/N-ethyl adjacent to an activating group) is 1. The number of morpholine rings is 1. The van der Waals surface area contributed by atoms with Crippen LogP contribution in [0.1, 0.15) is 30.7 Å². The normalized spacial score (nSPS) is 30.8. The van der Waals surface area contributed by atoms with Gasteiger partial charge in [0, 0.05) is 31.6 Å². The summed E-state index contributed by atoms with van der Waals surface area (Å²) in [7, 11) is 2.11. The highest BCUT2D eigenvalue weighted by atomic mass is 32.1. The Kier molecular flexibility index (Phi) is 5.79. The molecular weight excluding hydrogens is 380 g/mol. The lowest BCUT2D eigenvalue weighted by Gasteiger charge is -2.33. The van der Waals surface area contributed by atoms with Gasteiger partial charge in [0.1, 0.15) is 5.01 Å². The molecule has 9 nitrogen and oxygen atoms in total. The number of hydrogen-bond donors (Lipinski definition) is 2. The maximum Gasteiger partial charge on any atom is 0.227 e. The molecule has 2 amide bonds. The third-order valence-corrected chi connectivity index (χ3v) is 6.88. The number of nitrogens with two attached hydrogens (primary N) is 1. The van der Waals surface area contributed by atoms with Crippen molar-refractivity contribution < 1.29 is 14.3 Å². The molecule has 0 radical (unpaired) electrons. The van der Waals surface area contributed by atoms with Gasteiger partial charge in [-0.3, -0.25) is 14.5 Å². The first kappa shape index (κ1) is 19.5. The largest absolute Gasteiger partial charge is 0.374 e. The van der Waals surface area contributed by atoms with Crippen LogP contribution in [-0.2, 0) is 20.7 Å². The Bertz CT molecular complexity index is 720. The van der Waals surface area contributed by atoms with Crippen molar-refractivity contribution in [3.8, 4) is 0 Å². The molecule has 0 unspecified atom stereocenters. The van der Waals surface area contributed by atoms with Gasteiger partial charge in [-0.05, 0) is 32.7 Å². The van der Waals surface area contributed by atoms with Crippen molar-refractivity contribution in [3.63, 3.8) is 0 Å². The van der Waals surface area contributed by atoms with E-state index in [4.69, 9.17) is 10.5 Å². The predicted octanol–water partition coefficient (Wildman–Crippen LogP) is -0.121. The van der Waals surface area contributed by atoms with Crippen molar-refractivity contribution in [2.24, 2.45) is 5.92 Å². The molecule has 2 atom stereocenters. The highest BCUT2D eigenvalue weighted by Crippen LogP contribution is 2.29. The minimum Gasteiger partial charge on any atom is -0.374 e. The van der Waals surface area contributed by atoms with Crippen LogP contribution in [-0.4, -0.2) is 83.3 Å². The van der Waals surface area contributed by atoms with Crippen LogP contribution in [0.5, 0.6) is 0 Å². The van der Waals surface area contributed by atoms with E-state index in [0.29, 0.717) is 22.7 Å². The summed E-state index contributed by atoms with van der Waals surface area (Å²) in [6.07, 6.45) is 3.65. The van der Waals surface area contributed by atoms with Crippen molar-refractivity contribution in [2.75, 3.05) is 39.0 Å². The third kappa shape index (κ3) is 4.28. The number of carbonyl (C=O) groups is 2. The van der Waals surface area contributed by atoms with Crippen molar-refractivity contribution >= 4 is 28.3 Å². The van der Waals surface area contributed by atoms with Crippen LogP contribution in [0.2, 0.25) is 0 Å². The fourth-order valence-corrected chi connectivity index (χ4v) is 5.14. The van der Waals surface area contributed by atoms with Gasteiger partial charge < -0.3 is 20.7 Å². The van der Waals surface area contributed by atoms with Crippen molar-refractivity contribution in [1.82, 2.24) is 25.3 Å². The number of nitrogen functional groups attached to an aromatic ring is 1. The van der Waals surface area contributed by atoms with Crippen LogP contribution in [0, 0.1) is 5.92 Å². The molecule has 1 saturated carbocycles. The van der Waals surface area contributed by atoms with Crippen LogP contribution in [0.3, 0.4) is 0 Å². The van der Waals surface area contributed by atoms with Gasteiger partial charge in [-0.2, -0.15) is 0 Å². The number of rotatable bonds is 4. The average Bonchev–Trinajstić information content (AvgIpc) is 3.29. The van der Waals surface area contributed by atoms with Crippen molar-refractivity contribution in [3.05, 3.63) is 5.01 Å². The lowest BCUT2D eigenvalue weighted by atomic mass is 9.85. The van der Waals surface area contributed by atoms with E-state index in [1.165, 1.54) is 11.3 Å². The van der Waals surface area contributed by atoms with E-state index >= 15 is 0 Å². The van der Waals surface area contributed by atoms with Gasteiger partial charge >= 0.3 is 0 Å². The number of carbonyl (C=O) groups excluding carboxylic acids is 2. The highest BCUT2D eigenvalue weighted by molar-refractivity contribution is 7.15. The minimum absolute atomic E-state index is 0.0570. The first-order chi connectivity index (χ1) is 13.5. The summed E-state index contributed by atoms with van der Waals surface area (Å²) in [6.45, 7) is 3.14. The van der Waals surface area contributed by atoms with Crippen LogP contribution >= 0.6 is 11.3 Å². The second kappa shape index (κ2) is 8.30. The lowest BCUT2D eigenvalue weighted by Crippen LogP contribution is -2.48. The number of nitrogens with one attached hydrogen (secondary N) is 1. The Hall–Kier alpha value is -1.78. The Morgan fingerprint density at radius 1 is 1.25 bits per heavy atom. The molecule has 3 aliphatic rings. The molecule has 1 aromatic rings. The molecule has 28 heavy (non-hydrogen) atoms. The summed E-state index contributed by atoms with van der Waals surface area (Å²) in [5.41, 5.74) is 5.55. The number of ether oxygens (including phenoxy) is 1. The second-order valence-corrected chi connectivity index (χ2v) is 9.12. The summed E-state index contributed by atoms with van der Waals surface area (Å²) >= 11 is 1.24. The van der Waals surface area contributed by atoms with E-state index in [0.717, 1.165) is 45.4 Å². The van der Waals surface area contributed by atoms with Gasteiger partial charge in [-0.15, -0.1) is 10.2 Å². The molecule has 1 aromatic heterocycles. The fourth-order valence-electron chi connectivity index (χ4n) is 4.53. The molecule has 0 aromatic carbocycles. The zero-order valence-corrected chi connectivity index (χ0v) is 17.0. The Morgan fingerprint density at radius 3 is 2.71 bits per heavy atom. The minimum atomic E-state index is -0.0604. The predicted molar refractivity (Wildman–Crippen MR) is 105 cm³/mol. The SMILES string of the molecule is CN1CCO[C@H]2CN(C(=O)C3CCC(NC(=O)Cc4nnc(N)s4)CC3)C[C@@H]21. The van der Waals surface area contributed by atoms with E-state index in [1.54, 1.807) is 0 Å². The number of fused-ring (bicyclic) bond motifs is 1. The molecule has 0 bridgehead atoms. The number of amides is 2. The first-order valence-corrected chi connectivity index (χ1v) is 10.8. The molecule has 4 rings (SSSR count). The molecule has 3 fully saturated rings. The third-order valence-electron chi connectivity index (χ3n) is 6.13. The molecule has 2 saturated heterocycles.